The van der Waals surface area contributed by atoms with E-state index < -0.39 is 0 Å². The fourth-order valence-corrected chi connectivity index (χ4v) is 4.70. The zero-order chi connectivity index (χ0) is 19.3. The lowest BCUT2D eigenvalue weighted by molar-refractivity contribution is 0.102. The van der Waals surface area contributed by atoms with Crippen LogP contribution in [0.2, 0.25) is 0 Å². The Morgan fingerprint density at radius 3 is 2.68 bits per heavy atom. The van der Waals surface area contributed by atoms with Gasteiger partial charge in [-0.2, -0.15) is 5.26 Å². The number of hydrogen-bond donors (Lipinski definition) is 0. The van der Waals surface area contributed by atoms with E-state index in [0.717, 1.165) is 47.7 Å². The first-order valence-electron chi connectivity index (χ1n) is 9.83. The highest BCUT2D eigenvalue weighted by Gasteiger charge is 2.16. The number of hydrogen-bond acceptors (Lipinski definition) is 4. The molecule has 0 N–H and O–H groups in total. The molecular weight excluding hydrogens is 364 g/mol. The first-order chi connectivity index (χ1) is 13.8. The molecule has 140 valence electrons. The molecule has 0 amide bonds. The van der Waals surface area contributed by atoms with Crippen LogP contribution in [0.5, 0.6) is 0 Å². The highest BCUT2D eigenvalue weighted by Crippen LogP contribution is 2.28. The Kier molecular flexibility index (Phi) is 5.73. The number of nitriles is 1. The molecule has 3 aromatic rings. The summed E-state index contributed by atoms with van der Waals surface area (Å²) < 4.78 is 0. The van der Waals surface area contributed by atoms with Crippen LogP contribution in [0.15, 0.2) is 53.6 Å². The largest absolute Gasteiger partial charge is 0.293 e. The lowest BCUT2D eigenvalue weighted by Crippen LogP contribution is -2.07. The third-order valence-electron chi connectivity index (χ3n) is 5.32. The van der Waals surface area contributed by atoms with Gasteiger partial charge in [0, 0.05) is 11.3 Å². The number of Topliss-reactive ketones (excluding diaryl/α,β-unsaturated/α-hetero) is 1. The van der Waals surface area contributed by atoms with Gasteiger partial charge in [-0.15, -0.1) is 0 Å². The zero-order valence-electron chi connectivity index (χ0n) is 15.8. The Morgan fingerprint density at radius 1 is 1.04 bits per heavy atom. The standard InChI is InChI=1S/C24H22N2OS/c25-15-19-14-18-9-3-1-2-4-13-22(18)26-24(19)28-16-23(27)21-12-7-10-17-8-5-6-11-20(17)21/h5-8,10-12,14H,1-4,9,13,16H2. The molecule has 0 fully saturated rings. The van der Waals surface area contributed by atoms with E-state index in [1.165, 1.54) is 30.2 Å². The number of thioether (sulfide) groups is 1. The molecule has 0 saturated heterocycles. The summed E-state index contributed by atoms with van der Waals surface area (Å²) in [5.74, 6) is 0.355. The predicted octanol–water partition coefficient (Wildman–Crippen LogP) is 5.74. The summed E-state index contributed by atoms with van der Waals surface area (Å²) in [6.45, 7) is 0. The second kappa shape index (κ2) is 8.58. The third-order valence-corrected chi connectivity index (χ3v) is 6.31. The fraction of sp³-hybridized carbons (Fsp3) is 0.292. The number of aryl methyl sites for hydroxylation is 2. The summed E-state index contributed by atoms with van der Waals surface area (Å²) in [5.41, 5.74) is 3.64. The number of fused-ring (bicyclic) bond motifs is 2. The van der Waals surface area contributed by atoms with Crippen LogP contribution in [0.25, 0.3) is 10.8 Å². The normalized spacial score (nSPS) is 14.0. The van der Waals surface area contributed by atoms with Gasteiger partial charge in [-0.25, -0.2) is 4.98 Å². The van der Waals surface area contributed by atoms with Gasteiger partial charge in [0.1, 0.15) is 11.1 Å². The SMILES string of the molecule is N#Cc1cc2c(nc1SCC(=O)c1cccc3ccccc13)CCCCCC2. The fourth-order valence-electron chi connectivity index (χ4n) is 3.84. The summed E-state index contributed by atoms with van der Waals surface area (Å²) in [6, 6.07) is 18.0. The van der Waals surface area contributed by atoms with E-state index >= 15 is 0 Å². The Labute approximate surface area is 169 Å². The number of benzene rings is 2. The molecule has 0 unspecified atom stereocenters. The van der Waals surface area contributed by atoms with E-state index in [2.05, 4.69) is 6.07 Å². The molecule has 0 radical (unpaired) electrons. The number of pyridine rings is 1. The van der Waals surface area contributed by atoms with E-state index in [-0.39, 0.29) is 11.5 Å². The Hall–Kier alpha value is -2.64. The summed E-state index contributed by atoms with van der Waals surface area (Å²) in [5, 5.41) is 12.3. The summed E-state index contributed by atoms with van der Waals surface area (Å²) in [7, 11) is 0. The van der Waals surface area contributed by atoms with Crippen molar-refractivity contribution in [3.8, 4) is 6.07 Å². The second-order valence-corrected chi connectivity index (χ2v) is 8.18. The molecule has 0 saturated carbocycles. The molecule has 0 bridgehead atoms. The number of nitrogens with zero attached hydrogens (tertiary/aromatic N) is 2. The summed E-state index contributed by atoms with van der Waals surface area (Å²) >= 11 is 1.38. The maximum absolute atomic E-state index is 12.9. The van der Waals surface area contributed by atoms with Crippen LogP contribution in [0.3, 0.4) is 0 Å². The molecule has 0 spiro atoms. The van der Waals surface area contributed by atoms with Crippen LogP contribution in [0, 0.1) is 11.3 Å². The number of ketones is 1. The highest BCUT2D eigenvalue weighted by atomic mass is 32.2. The molecular formula is C24H22N2OS. The van der Waals surface area contributed by atoms with Crippen LogP contribution >= 0.6 is 11.8 Å². The highest BCUT2D eigenvalue weighted by molar-refractivity contribution is 8.00. The van der Waals surface area contributed by atoms with Crippen molar-refractivity contribution < 1.29 is 4.79 Å². The van der Waals surface area contributed by atoms with Crippen molar-refractivity contribution in [3.63, 3.8) is 0 Å². The lowest BCUT2D eigenvalue weighted by atomic mass is 9.96. The van der Waals surface area contributed by atoms with Crippen molar-refractivity contribution >= 4 is 28.3 Å². The van der Waals surface area contributed by atoms with Crippen LogP contribution in [0.1, 0.15) is 52.9 Å². The molecule has 1 aliphatic rings. The van der Waals surface area contributed by atoms with Crippen molar-refractivity contribution in [1.29, 1.82) is 5.26 Å². The second-order valence-electron chi connectivity index (χ2n) is 7.21. The Morgan fingerprint density at radius 2 is 1.82 bits per heavy atom. The van der Waals surface area contributed by atoms with E-state index in [9.17, 15) is 10.1 Å². The summed E-state index contributed by atoms with van der Waals surface area (Å²) in [6.07, 6.45) is 6.75. The maximum Gasteiger partial charge on any atom is 0.173 e. The van der Waals surface area contributed by atoms with Gasteiger partial charge in [-0.05, 0) is 48.1 Å². The van der Waals surface area contributed by atoms with Crippen LogP contribution in [0.4, 0.5) is 0 Å². The maximum atomic E-state index is 12.9. The zero-order valence-corrected chi connectivity index (χ0v) is 16.6. The van der Waals surface area contributed by atoms with Gasteiger partial charge in [0.2, 0.25) is 0 Å². The van der Waals surface area contributed by atoms with Crippen molar-refractivity contribution in [1.82, 2.24) is 4.98 Å². The molecule has 1 aromatic heterocycles. The first-order valence-corrected chi connectivity index (χ1v) is 10.8. The van der Waals surface area contributed by atoms with E-state index in [4.69, 9.17) is 4.98 Å². The van der Waals surface area contributed by atoms with Crippen molar-refractivity contribution in [2.45, 2.75) is 43.6 Å². The van der Waals surface area contributed by atoms with Crippen LogP contribution in [-0.2, 0) is 12.8 Å². The van der Waals surface area contributed by atoms with Crippen molar-refractivity contribution in [2.75, 3.05) is 5.75 Å². The monoisotopic (exact) mass is 386 g/mol. The van der Waals surface area contributed by atoms with E-state index in [1.807, 2.05) is 48.5 Å². The number of rotatable bonds is 4. The lowest BCUT2D eigenvalue weighted by Gasteiger charge is -2.15. The number of aromatic nitrogens is 1. The molecule has 1 aliphatic carbocycles. The smallest absolute Gasteiger partial charge is 0.173 e. The Bertz CT molecular complexity index is 1060. The molecule has 28 heavy (non-hydrogen) atoms. The Balaban J connectivity index is 1.58. The molecule has 0 atom stereocenters. The topological polar surface area (TPSA) is 53.8 Å². The minimum Gasteiger partial charge on any atom is -0.293 e. The van der Waals surface area contributed by atoms with E-state index in [1.54, 1.807) is 0 Å². The minimum atomic E-state index is 0.0687. The van der Waals surface area contributed by atoms with E-state index in [0.29, 0.717) is 10.6 Å². The molecule has 4 rings (SSSR count). The van der Waals surface area contributed by atoms with Crippen molar-refractivity contribution in [2.24, 2.45) is 0 Å². The minimum absolute atomic E-state index is 0.0687. The number of carbonyl (C=O) groups excluding carboxylic acids is 1. The molecule has 4 heteroatoms. The molecule has 3 nitrogen and oxygen atoms in total. The molecule has 2 aromatic carbocycles. The number of carbonyl (C=O) groups is 1. The van der Waals surface area contributed by atoms with Crippen molar-refractivity contribution in [3.05, 3.63) is 70.9 Å². The average molecular weight is 387 g/mol. The quantitative estimate of drug-likeness (QED) is 0.424. The van der Waals surface area contributed by atoms with Crippen LogP contribution < -0.4 is 0 Å². The van der Waals surface area contributed by atoms with Gasteiger partial charge >= 0.3 is 0 Å². The van der Waals surface area contributed by atoms with Gasteiger partial charge in [-0.3, -0.25) is 4.79 Å². The van der Waals surface area contributed by atoms with Crippen LogP contribution in [-0.4, -0.2) is 16.5 Å². The third kappa shape index (κ3) is 3.95. The van der Waals surface area contributed by atoms with Gasteiger partial charge in [-0.1, -0.05) is 67.1 Å². The van der Waals surface area contributed by atoms with Gasteiger partial charge < -0.3 is 0 Å². The van der Waals surface area contributed by atoms with Gasteiger partial charge in [0.05, 0.1) is 11.3 Å². The molecule has 1 heterocycles. The van der Waals surface area contributed by atoms with Gasteiger partial charge in [0.25, 0.3) is 0 Å². The molecule has 0 aliphatic heterocycles. The summed E-state index contributed by atoms with van der Waals surface area (Å²) in [4.78, 5) is 17.7. The average Bonchev–Trinajstić information content (AvgIpc) is 2.72. The van der Waals surface area contributed by atoms with Gasteiger partial charge in [0.15, 0.2) is 5.78 Å². The first kappa shape index (κ1) is 18.7. The predicted molar refractivity (Wildman–Crippen MR) is 114 cm³/mol.